The molecule has 2 aromatic heterocycles. The topological polar surface area (TPSA) is 93.3 Å². The number of anilines is 1. The van der Waals surface area contributed by atoms with Gasteiger partial charge in [-0.1, -0.05) is 30.3 Å². The summed E-state index contributed by atoms with van der Waals surface area (Å²) in [7, 11) is 0. The SMILES string of the molecule is CCC(C)(C)NC(=O)C(c1ccco1)N(C(=O)Cn1nnc2ccccc21)c1ccc2c(c1)CCC2. The number of carbonyl (C=O) groups is 2. The molecule has 0 fully saturated rings. The average Bonchev–Trinajstić information content (AvgIpc) is 3.63. The number of amides is 2. The van der Waals surface area contributed by atoms with Gasteiger partial charge in [-0.2, -0.15) is 0 Å². The zero-order chi connectivity index (χ0) is 25.3. The Labute approximate surface area is 210 Å². The number of fused-ring (bicyclic) bond motifs is 2. The normalized spacial score (nSPS) is 14.0. The first kappa shape index (κ1) is 23.8. The summed E-state index contributed by atoms with van der Waals surface area (Å²) in [6.07, 6.45) is 5.34. The number of hydrogen-bond acceptors (Lipinski definition) is 5. The third kappa shape index (κ3) is 4.63. The van der Waals surface area contributed by atoms with Gasteiger partial charge in [-0.25, -0.2) is 4.68 Å². The van der Waals surface area contributed by atoms with Crippen molar-refractivity contribution in [3.63, 3.8) is 0 Å². The predicted molar refractivity (Wildman–Crippen MR) is 137 cm³/mol. The quantitative estimate of drug-likeness (QED) is 0.394. The third-order valence-corrected chi connectivity index (χ3v) is 7.00. The van der Waals surface area contributed by atoms with Gasteiger partial charge in [-0.05, 0) is 87.1 Å². The molecular formula is C28H31N5O3. The summed E-state index contributed by atoms with van der Waals surface area (Å²) in [5.74, 6) is -0.180. The zero-order valence-electron chi connectivity index (χ0n) is 20.9. The van der Waals surface area contributed by atoms with Gasteiger partial charge < -0.3 is 9.73 Å². The van der Waals surface area contributed by atoms with E-state index in [4.69, 9.17) is 4.42 Å². The summed E-state index contributed by atoms with van der Waals surface area (Å²) in [6, 6.07) is 16.0. The monoisotopic (exact) mass is 485 g/mol. The van der Waals surface area contributed by atoms with Gasteiger partial charge in [-0.15, -0.1) is 5.10 Å². The summed E-state index contributed by atoms with van der Waals surface area (Å²) in [5, 5.41) is 11.5. The molecule has 0 aliphatic heterocycles. The van der Waals surface area contributed by atoms with E-state index in [9.17, 15) is 9.59 Å². The largest absolute Gasteiger partial charge is 0.467 e. The molecule has 4 aromatic rings. The van der Waals surface area contributed by atoms with Gasteiger partial charge in [0.1, 0.15) is 17.8 Å². The molecule has 8 nitrogen and oxygen atoms in total. The average molecular weight is 486 g/mol. The molecule has 2 amide bonds. The first-order chi connectivity index (χ1) is 17.4. The summed E-state index contributed by atoms with van der Waals surface area (Å²) < 4.78 is 7.30. The highest BCUT2D eigenvalue weighted by atomic mass is 16.3. The third-order valence-electron chi connectivity index (χ3n) is 7.00. The van der Waals surface area contributed by atoms with E-state index in [1.807, 2.05) is 57.2 Å². The summed E-state index contributed by atoms with van der Waals surface area (Å²) >= 11 is 0. The van der Waals surface area contributed by atoms with Crippen LogP contribution >= 0.6 is 0 Å². The predicted octanol–water partition coefficient (Wildman–Crippen LogP) is 4.59. The van der Waals surface area contributed by atoms with Gasteiger partial charge in [0.25, 0.3) is 5.91 Å². The van der Waals surface area contributed by atoms with Gasteiger partial charge in [0.15, 0.2) is 6.04 Å². The minimum atomic E-state index is -0.979. The Balaban J connectivity index is 1.58. The second-order valence-corrected chi connectivity index (χ2v) is 9.95. The highest BCUT2D eigenvalue weighted by Crippen LogP contribution is 2.33. The molecule has 1 N–H and O–H groups in total. The summed E-state index contributed by atoms with van der Waals surface area (Å²) in [5.41, 5.74) is 4.18. The van der Waals surface area contributed by atoms with Crippen molar-refractivity contribution < 1.29 is 14.0 Å². The van der Waals surface area contributed by atoms with Crippen molar-refractivity contribution in [2.75, 3.05) is 4.90 Å². The van der Waals surface area contributed by atoms with E-state index in [0.717, 1.165) is 31.2 Å². The minimum absolute atomic E-state index is 0.0702. The van der Waals surface area contributed by atoms with Crippen LogP contribution in [0.1, 0.15) is 56.5 Å². The van der Waals surface area contributed by atoms with Crippen LogP contribution in [0.5, 0.6) is 0 Å². The molecule has 1 atom stereocenters. The van der Waals surface area contributed by atoms with Crippen LogP contribution in [-0.4, -0.2) is 32.3 Å². The Bertz CT molecular complexity index is 1390. The van der Waals surface area contributed by atoms with Crippen LogP contribution in [-0.2, 0) is 29.0 Å². The Morgan fingerprint density at radius 2 is 1.92 bits per heavy atom. The molecule has 0 saturated heterocycles. The molecule has 5 rings (SSSR count). The lowest BCUT2D eigenvalue weighted by molar-refractivity contribution is -0.128. The van der Waals surface area contributed by atoms with Crippen molar-refractivity contribution in [2.45, 2.75) is 64.6 Å². The smallest absolute Gasteiger partial charge is 0.251 e. The molecule has 0 radical (unpaired) electrons. The van der Waals surface area contributed by atoms with E-state index in [1.165, 1.54) is 17.4 Å². The first-order valence-electron chi connectivity index (χ1n) is 12.4. The molecule has 0 spiro atoms. The number of carbonyl (C=O) groups excluding carboxylic acids is 2. The fourth-order valence-electron chi connectivity index (χ4n) is 4.69. The number of furan rings is 1. The van der Waals surface area contributed by atoms with Crippen molar-refractivity contribution in [1.82, 2.24) is 20.3 Å². The standard InChI is InChI=1S/C28H31N5O3/c1-4-28(2,3)29-27(35)26(24-13-8-16-36-24)33(21-15-14-19-9-7-10-20(19)17-21)25(34)18-32-23-12-6-5-11-22(23)30-31-32/h5-6,8,11-17,26H,4,7,9-10,18H2,1-3H3,(H,29,35). The number of para-hydroxylation sites is 1. The zero-order valence-corrected chi connectivity index (χ0v) is 20.9. The van der Waals surface area contributed by atoms with Crippen LogP contribution in [0.3, 0.4) is 0 Å². The Morgan fingerprint density at radius 1 is 1.11 bits per heavy atom. The van der Waals surface area contributed by atoms with Crippen LogP contribution in [0.2, 0.25) is 0 Å². The molecule has 1 aliphatic carbocycles. The van der Waals surface area contributed by atoms with E-state index in [1.54, 1.807) is 21.7 Å². The van der Waals surface area contributed by atoms with Crippen molar-refractivity contribution in [2.24, 2.45) is 0 Å². The second-order valence-electron chi connectivity index (χ2n) is 9.95. The van der Waals surface area contributed by atoms with Gasteiger partial charge in [0.2, 0.25) is 5.91 Å². The number of benzene rings is 2. The Morgan fingerprint density at radius 3 is 2.69 bits per heavy atom. The van der Waals surface area contributed by atoms with Crippen molar-refractivity contribution in [3.8, 4) is 0 Å². The molecule has 0 saturated carbocycles. The maximum atomic E-state index is 14.0. The van der Waals surface area contributed by atoms with Crippen molar-refractivity contribution in [1.29, 1.82) is 0 Å². The van der Waals surface area contributed by atoms with Gasteiger partial charge in [-0.3, -0.25) is 14.5 Å². The Hall–Kier alpha value is -3.94. The van der Waals surface area contributed by atoms with Crippen LogP contribution in [0.25, 0.3) is 11.0 Å². The van der Waals surface area contributed by atoms with E-state index < -0.39 is 11.6 Å². The maximum absolute atomic E-state index is 14.0. The molecule has 1 unspecified atom stereocenters. The van der Waals surface area contributed by atoms with Gasteiger partial charge in [0, 0.05) is 11.2 Å². The number of aryl methyl sites for hydroxylation is 2. The lowest BCUT2D eigenvalue weighted by atomic mass is 10.00. The van der Waals surface area contributed by atoms with E-state index in [2.05, 4.69) is 21.7 Å². The summed E-state index contributed by atoms with van der Waals surface area (Å²) in [4.78, 5) is 29.4. The molecule has 186 valence electrons. The van der Waals surface area contributed by atoms with Crippen molar-refractivity contribution in [3.05, 3.63) is 77.7 Å². The van der Waals surface area contributed by atoms with E-state index in [-0.39, 0.29) is 18.4 Å². The van der Waals surface area contributed by atoms with Crippen LogP contribution < -0.4 is 10.2 Å². The highest BCUT2D eigenvalue weighted by molar-refractivity contribution is 6.01. The number of nitrogens with zero attached hydrogens (tertiary/aromatic N) is 4. The maximum Gasteiger partial charge on any atom is 0.251 e. The van der Waals surface area contributed by atoms with E-state index >= 15 is 0 Å². The van der Waals surface area contributed by atoms with Crippen LogP contribution in [0, 0.1) is 0 Å². The molecular weight excluding hydrogens is 454 g/mol. The number of aromatic nitrogens is 3. The second kappa shape index (κ2) is 9.60. The van der Waals surface area contributed by atoms with E-state index in [0.29, 0.717) is 17.0 Å². The Kier molecular flexibility index (Phi) is 6.35. The molecule has 36 heavy (non-hydrogen) atoms. The highest BCUT2D eigenvalue weighted by Gasteiger charge is 2.37. The molecule has 1 aliphatic rings. The summed E-state index contributed by atoms with van der Waals surface area (Å²) in [6.45, 7) is 5.88. The van der Waals surface area contributed by atoms with Crippen molar-refractivity contribution >= 4 is 28.5 Å². The van der Waals surface area contributed by atoms with Gasteiger partial charge in [0.05, 0.1) is 11.8 Å². The molecule has 8 heteroatoms. The fraction of sp³-hybridized carbons (Fsp3) is 0.357. The minimum Gasteiger partial charge on any atom is -0.467 e. The number of hydrogen-bond donors (Lipinski definition) is 1. The van der Waals surface area contributed by atoms with Crippen LogP contribution in [0.4, 0.5) is 5.69 Å². The van der Waals surface area contributed by atoms with Crippen LogP contribution in [0.15, 0.2) is 65.3 Å². The molecule has 2 aromatic carbocycles. The first-order valence-corrected chi connectivity index (χ1v) is 12.4. The van der Waals surface area contributed by atoms with Gasteiger partial charge >= 0.3 is 0 Å². The molecule has 0 bridgehead atoms. The number of nitrogens with one attached hydrogen (secondary N) is 1. The fourth-order valence-corrected chi connectivity index (χ4v) is 4.69. The number of rotatable bonds is 8. The lowest BCUT2D eigenvalue weighted by Gasteiger charge is -2.33. The molecule has 2 heterocycles. The lowest BCUT2D eigenvalue weighted by Crippen LogP contribution is -2.51.